The van der Waals surface area contributed by atoms with Crippen molar-refractivity contribution in [3.8, 4) is 11.4 Å². The Hall–Kier alpha value is -2.47. The molecule has 0 atom stereocenters. The van der Waals surface area contributed by atoms with Crippen molar-refractivity contribution < 1.29 is 0 Å². The van der Waals surface area contributed by atoms with E-state index in [9.17, 15) is 0 Å². The summed E-state index contributed by atoms with van der Waals surface area (Å²) in [5.41, 5.74) is 2.87. The van der Waals surface area contributed by atoms with Crippen LogP contribution in [0.25, 0.3) is 22.6 Å². The lowest BCUT2D eigenvalue weighted by atomic mass is 9.95. The molecule has 1 saturated carbocycles. The SMILES string of the molecule is CC(C)N(CCNc1nc(-c2ccccc2)nc2c1ncn2C1CCCCC1)C(C)C. The van der Waals surface area contributed by atoms with Gasteiger partial charge >= 0.3 is 0 Å². The molecule has 1 aliphatic carbocycles. The monoisotopic (exact) mass is 420 g/mol. The number of hydrogen-bond donors (Lipinski definition) is 1. The van der Waals surface area contributed by atoms with Crippen LogP contribution < -0.4 is 5.32 Å². The van der Waals surface area contributed by atoms with Crippen LogP contribution in [0, 0.1) is 0 Å². The van der Waals surface area contributed by atoms with Crippen molar-refractivity contribution in [1.29, 1.82) is 0 Å². The van der Waals surface area contributed by atoms with Gasteiger partial charge < -0.3 is 9.88 Å². The number of rotatable bonds is 8. The smallest absolute Gasteiger partial charge is 0.166 e. The van der Waals surface area contributed by atoms with E-state index in [0.29, 0.717) is 18.1 Å². The van der Waals surface area contributed by atoms with E-state index in [1.807, 2.05) is 24.5 Å². The third-order valence-corrected chi connectivity index (χ3v) is 6.41. The van der Waals surface area contributed by atoms with Crippen LogP contribution in [0.5, 0.6) is 0 Å². The third-order valence-electron chi connectivity index (χ3n) is 6.41. The van der Waals surface area contributed by atoms with E-state index in [-0.39, 0.29) is 0 Å². The lowest BCUT2D eigenvalue weighted by Crippen LogP contribution is -2.40. The molecule has 3 aromatic rings. The van der Waals surface area contributed by atoms with Gasteiger partial charge in [-0.1, -0.05) is 49.6 Å². The Labute approximate surface area is 186 Å². The average Bonchev–Trinajstić information content (AvgIpc) is 3.21. The molecule has 0 bridgehead atoms. The first-order chi connectivity index (χ1) is 15.0. The van der Waals surface area contributed by atoms with Gasteiger partial charge in [0.05, 0.1) is 6.33 Å². The van der Waals surface area contributed by atoms with E-state index in [2.05, 4.69) is 54.6 Å². The predicted octanol–water partition coefficient (Wildman–Crippen LogP) is 5.53. The standard InChI is InChI=1S/C25H36N6/c1-18(2)30(19(3)4)16-15-26-24-22-25(29-23(28-24)20-11-7-5-8-12-20)31(17-27-22)21-13-9-6-10-14-21/h5,7-8,11-12,17-19,21H,6,9-10,13-16H2,1-4H3,(H,26,28,29). The molecule has 0 spiro atoms. The maximum atomic E-state index is 4.98. The van der Waals surface area contributed by atoms with Crippen LogP contribution in [0.4, 0.5) is 5.82 Å². The summed E-state index contributed by atoms with van der Waals surface area (Å²) in [6.45, 7) is 10.8. The number of fused-ring (bicyclic) bond motifs is 1. The van der Waals surface area contributed by atoms with Gasteiger partial charge in [0, 0.05) is 36.8 Å². The summed E-state index contributed by atoms with van der Waals surface area (Å²) in [5, 5.41) is 3.59. The molecule has 6 heteroatoms. The van der Waals surface area contributed by atoms with Crippen LogP contribution in [0.2, 0.25) is 0 Å². The zero-order chi connectivity index (χ0) is 21.8. The van der Waals surface area contributed by atoms with Gasteiger partial charge in [-0.2, -0.15) is 0 Å². The van der Waals surface area contributed by atoms with Crippen molar-refractivity contribution in [2.24, 2.45) is 0 Å². The fourth-order valence-electron chi connectivity index (χ4n) is 4.80. The quantitative estimate of drug-likeness (QED) is 0.519. The van der Waals surface area contributed by atoms with Crippen LogP contribution in [0.3, 0.4) is 0 Å². The number of nitrogens with zero attached hydrogens (tertiary/aromatic N) is 5. The summed E-state index contributed by atoms with van der Waals surface area (Å²) in [6, 6.07) is 11.8. The first-order valence-corrected chi connectivity index (χ1v) is 11.8. The van der Waals surface area contributed by atoms with Crippen LogP contribution in [-0.4, -0.2) is 49.6 Å². The van der Waals surface area contributed by atoms with E-state index in [4.69, 9.17) is 15.0 Å². The van der Waals surface area contributed by atoms with E-state index in [1.54, 1.807) is 0 Å². The summed E-state index contributed by atoms with van der Waals surface area (Å²) < 4.78 is 2.29. The van der Waals surface area contributed by atoms with Crippen LogP contribution >= 0.6 is 0 Å². The minimum Gasteiger partial charge on any atom is -0.367 e. The van der Waals surface area contributed by atoms with Crippen LogP contribution in [0.1, 0.15) is 65.8 Å². The van der Waals surface area contributed by atoms with Crippen molar-refractivity contribution in [3.63, 3.8) is 0 Å². The molecule has 0 unspecified atom stereocenters. The Kier molecular flexibility index (Phi) is 6.86. The van der Waals surface area contributed by atoms with E-state index in [1.165, 1.54) is 32.1 Å². The first-order valence-electron chi connectivity index (χ1n) is 11.8. The summed E-state index contributed by atoms with van der Waals surface area (Å²) in [5.74, 6) is 1.60. The molecule has 0 aliphatic heterocycles. The summed E-state index contributed by atoms with van der Waals surface area (Å²) in [4.78, 5) is 17.1. The molecule has 0 amide bonds. The summed E-state index contributed by atoms with van der Waals surface area (Å²) >= 11 is 0. The highest BCUT2D eigenvalue weighted by Crippen LogP contribution is 2.32. The number of hydrogen-bond acceptors (Lipinski definition) is 5. The van der Waals surface area contributed by atoms with Gasteiger partial charge in [0.15, 0.2) is 17.3 Å². The Bertz CT molecular complexity index is 964. The fourth-order valence-corrected chi connectivity index (χ4v) is 4.80. The van der Waals surface area contributed by atoms with Crippen molar-refractivity contribution in [2.75, 3.05) is 18.4 Å². The Morgan fingerprint density at radius 3 is 2.39 bits per heavy atom. The molecule has 1 fully saturated rings. The van der Waals surface area contributed by atoms with Gasteiger partial charge in [-0.3, -0.25) is 4.90 Å². The Morgan fingerprint density at radius 1 is 1.00 bits per heavy atom. The third kappa shape index (κ3) is 4.90. The molecular formula is C25H36N6. The minimum absolute atomic E-state index is 0.488. The zero-order valence-corrected chi connectivity index (χ0v) is 19.4. The second kappa shape index (κ2) is 9.77. The highest BCUT2D eigenvalue weighted by Gasteiger charge is 2.21. The fraction of sp³-hybridized carbons (Fsp3) is 0.560. The van der Waals surface area contributed by atoms with Crippen molar-refractivity contribution in [2.45, 2.75) is 77.9 Å². The number of imidazole rings is 1. The van der Waals surface area contributed by atoms with Gasteiger partial charge in [0.2, 0.25) is 0 Å². The van der Waals surface area contributed by atoms with Gasteiger partial charge in [-0.05, 0) is 40.5 Å². The molecule has 1 N–H and O–H groups in total. The summed E-state index contributed by atoms with van der Waals surface area (Å²) in [6.07, 6.45) is 8.29. The number of aromatic nitrogens is 4. The molecule has 1 aromatic carbocycles. The molecule has 0 saturated heterocycles. The average molecular weight is 421 g/mol. The van der Waals surface area contributed by atoms with Gasteiger partial charge in [0.25, 0.3) is 0 Å². The molecule has 0 radical (unpaired) electrons. The molecule has 2 heterocycles. The molecule has 1 aliphatic rings. The molecule has 31 heavy (non-hydrogen) atoms. The molecule has 166 valence electrons. The maximum Gasteiger partial charge on any atom is 0.166 e. The molecule has 2 aromatic heterocycles. The Morgan fingerprint density at radius 2 is 1.71 bits per heavy atom. The van der Waals surface area contributed by atoms with E-state index >= 15 is 0 Å². The lowest BCUT2D eigenvalue weighted by Gasteiger charge is -2.30. The minimum atomic E-state index is 0.488. The van der Waals surface area contributed by atoms with Crippen molar-refractivity contribution in [1.82, 2.24) is 24.4 Å². The number of nitrogens with one attached hydrogen (secondary N) is 1. The highest BCUT2D eigenvalue weighted by molar-refractivity contribution is 5.85. The van der Waals surface area contributed by atoms with Crippen LogP contribution in [0.15, 0.2) is 36.7 Å². The normalized spacial score (nSPS) is 15.5. The maximum absolute atomic E-state index is 4.98. The predicted molar refractivity (Wildman–Crippen MR) is 128 cm³/mol. The van der Waals surface area contributed by atoms with Crippen LogP contribution in [-0.2, 0) is 0 Å². The number of benzene rings is 1. The Balaban J connectivity index is 1.67. The summed E-state index contributed by atoms with van der Waals surface area (Å²) in [7, 11) is 0. The van der Waals surface area contributed by atoms with E-state index in [0.717, 1.165) is 41.5 Å². The largest absolute Gasteiger partial charge is 0.367 e. The van der Waals surface area contributed by atoms with Crippen molar-refractivity contribution in [3.05, 3.63) is 36.7 Å². The van der Waals surface area contributed by atoms with Gasteiger partial charge in [-0.25, -0.2) is 15.0 Å². The van der Waals surface area contributed by atoms with Gasteiger partial charge in [0.1, 0.15) is 5.52 Å². The first kappa shape index (κ1) is 21.8. The highest BCUT2D eigenvalue weighted by atomic mass is 15.2. The topological polar surface area (TPSA) is 58.9 Å². The molecular weight excluding hydrogens is 384 g/mol. The molecule has 6 nitrogen and oxygen atoms in total. The molecule has 4 rings (SSSR count). The van der Waals surface area contributed by atoms with Gasteiger partial charge in [-0.15, -0.1) is 0 Å². The second-order valence-corrected chi connectivity index (χ2v) is 9.23. The van der Waals surface area contributed by atoms with E-state index < -0.39 is 0 Å². The number of anilines is 1. The van der Waals surface area contributed by atoms with Crippen molar-refractivity contribution >= 4 is 17.0 Å². The second-order valence-electron chi connectivity index (χ2n) is 9.23. The zero-order valence-electron chi connectivity index (χ0n) is 19.4. The lowest BCUT2D eigenvalue weighted by molar-refractivity contribution is 0.182.